The molecule has 1 aliphatic heterocycles. The average molecular weight is 522 g/mol. The number of hydrogen-bond donors (Lipinski definition) is 1. The van der Waals surface area contributed by atoms with Crippen LogP contribution in [0.25, 0.3) is 22.4 Å². The van der Waals surface area contributed by atoms with Crippen LogP contribution in [0.15, 0.2) is 58.1 Å². The molecule has 1 fully saturated rings. The number of carbonyl (C=O) groups is 2. The first kappa shape index (κ1) is 24.4. The summed E-state index contributed by atoms with van der Waals surface area (Å²) in [6.07, 6.45) is 1.36. The van der Waals surface area contributed by atoms with Crippen LogP contribution in [0.4, 0.5) is 5.69 Å². The van der Waals surface area contributed by atoms with Gasteiger partial charge in [-0.05, 0) is 42.5 Å². The topological polar surface area (TPSA) is 126 Å². The summed E-state index contributed by atoms with van der Waals surface area (Å²) in [6.45, 7) is 4.03. The van der Waals surface area contributed by atoms with Crippen molar-refractivity contribution in [3.63, 3.8) is 0 Å². The van der Waals surface area contributed by atoms with E-state index >= 15 is 0 Å². The lowest BCUT2D eigenvalue weighted by atomic mass is 10.2. The Hall–Kier alpha value is -4.25. The van der Waals surface area contributed by atoms with Gasteiger partial charge in [0.05, 0.1) is 23.8 Å². The van der Waals surface area contributed by atoms with Crippen LogP contribution in [0.1, 0.15) is 12.7 Å². The summed E-state index contributed by atoms with van der Waals surface area (Å²) >= 11 is 5.90. The number of rotatable bonds is 6. The minimum atomic E-state index is -0.391. The van der Waals surface area contributed by atoms with Crippen LogP contribution in [0.5, 0.6) is 0 Å². The largest absolute Gasteiger partial charge is 0.368 e. The van der Waals surface area contributed by atoms with Crippen LogP contribution in [0, 0.1) is 0 Å². The Kier molecular flexibility index (Phi) is 6.87. The van der Waals surface area contributed by atoms with Crippen molar-refractivity contribution in [2.75, 3.05) is 31.1 Å². The summed E-state index contributed by atoms with van der Waals surface area (Å²) in [7, 11) is 0. The van der Waals surface area contributed by atoms with Gasteiger partial charge in [0.1, 0.15) is 6.54 Å². The van der Waals surface area contributed by atoms with Gasteiger partial charge in [0.15, 0.2) is 5.82 Å². The first-order chi connectivity index (χ1) is 17.9. The second kappa shape index (κ2) is 10.4. The van der Waals surface area contributed by atoms with E-state index in [9.17, 15) is 14.4 Å². The smallest absolute Gasteiger partial charge is 0.261 e. The van der Waals surface area contributed by atoms with Gasteiger partial charge in [-0.15, -0.1) is 0 Å². The Bertz CT molecular complexity index is 1510. The molecule has 4 aromatic rings. The molecule has 0 saturated carbocycles. The molecule has 1 aliphatic rings. The molecule has 3 heterocycles. The molecule has 2 amide bonds. The fourth-order valence-electron chi connectivity index (χ4n) is 4.16. The average Bonchev–Trinajstić information content (AvgIpc) is 3.38. The third-order valence-electron chi connectivity index (χ3n) is 6.21. The van der Waals surface area contributed by atoms with Crippen molar-refractivity contribution >= 4 is 40.0 Å². The second-order valence-electron chi connectivity index (χ2n) is 8.67. The fourth-order valence-corrected chi connectivity index (χ4v) is 4.29. The van der Waals surface area contributed by atoms with E-state index in [1.165, 1.54) is 10.9 Å². The lowest BCUT2D eigenvalue weighted by Crippen LogP contribution is -2.48. The lowest BCUT2D eigenvalue weighted by molar-refractivity contribution is -0.129. The van der Waals surface area contributed by atoms with Crippen LogP contribution in [0.3, 0.4) is 0 Å². The number of nitrogens with zero attached hydrogens (tertiary/aromatic N) is 6. The standard InChI is InChI=1S/C25H24ClN7O4/c1-16(34)31-8-10-32(11-9-31)19-6-7-21-20(12-19)25(36)33(15-28-21)14-23(35)27-13-22-29-24(37-30-22)17-2-4-18(26)5-3-17/h2-7,12,15H,8-11,13-14H2,1H3,(H,27,35). The number of carbonyl (C=O) groups excluding carboxylic acids is 2. The Morgan fingerprint density at radius 1 is 1.08 bits per heavy atom. The Labute approximate surface area is 216 Å². The van der Waals surface area contributed by atoms with E-state index in [1.807, 2.05) is 6.07 Å². The van der Waals surface area contributed by atoms with Gasteiger partial charge in [-0.1, -0.05) is 16.8 Å². The van der Waals surface area contributed by atoms with Crippen LogP contribution in [0.2, 0.25) is 5.02 Å². The molecule has 37 heavy (non-hydrogen) atoms. The highest BCUT2D eigenvalue weighted by Gasteiger charge is 2.20. The van der Waals surface area contributed by atoms with E-state index in [0.717, 1.165) is 5.69 Å². The third kappa shape index (κ3) is 5.46. The molecule has 0 spiro atoms. The molecular formula is C25H24ClN7O4. The summed E-state index contributed by atoms with van der Waals surface area (Å²) in [5.74, 6) is 0.286. The molecule has 0 radical (unpaired) electrons. The number of piperazine rings is 1. The minimum absolute atomic E-state index is 0.0437. The summed E-state index contributed by atoms with van der Waals surface area (Å²) in [5, 5.41) is 7.60. The van der Waals surface area contributed by atoms with Crippen molar-refractivity contribution < 1.29 is 14.1 Å². The number of amides is 2. The van der Waals surface area contributed by atoms with Gasteiger partial charge in [0.2, 0.25) is 11.8 Å². The number of fused-ring (bicyclic) bond motifs is 1. The molecule has 0 bridgehead atoms. The molecule has 1 N–H and O–H groups in total. The number of nitrogens with one attached hydrogen (secondary N) is 1. The van der Waals surface area contributed by atoms with Crippen LogP contribution >= 0.6 is 11.6 Å². The van der Waals surface area contributed by atoms with E-state index in [2.05, 4.69) is 25.3 Å². The predicted octanol–water partition coefficient (Wildman–Crippen LogP) is 2.08. The zero-order valence-electron chi connectivity index (χ0n) is 20.1. The van der Waals surface area contributed by atoms with Gasteiger partial charge in [-0.25, -0.2) is 4.98 Å². The quantitative estimate of drug-likeness (QED) is 0.408. The summed E-state index contributed by atoms with van der Waals surface area (Å²) in [4.78, 5) is 49.8. The number of hydrogen-bond acceptors (Lipinski definition) is 8. The number of halogens is 1. The molecular weight excluding hydrogens is 498 g/mol. The van der Waals surface area contributed by atoms with E-state index in [1.54, 1.807) is 48.2 Å². The molecule has 5 rings (SSSR count). The molecule has 2 aromatic carbocycles. The van der Waals surface area contributed by atoms with Crippen LogP contribution in [-0.2, 0) is 22.7 Å². The summed E-state index contributed by atoms with van der Waals surface area (Å²) < 4.78 is 6.51. The first-order valence-corrected chi connectivity index (χ1v) is 12.1. The summed E-state index contributed by atoms with van der Waals surface area (Å²) in [5.41, 5.74) is 1.83. The highest BCUT2D eigenvalue weighted by Crippen LogP contribution is 2.21. The molecule has 1 saturated heterocycles. The highest BCUT2D eigenvalue weighted by molar-refractivity contribution is 6.30. The lowest BCUT2D eigenvalue weighted by Gasteiger charge is -2.35. The fraction of sp³-hybridized carbons (Fsp3) is 0.280. The predicted molar refractivity (Wildman–Crippen MR) is 137 cm³/mol. The van der Waals surface area contributed by atoms with Crippen LogP contribution < -0.4 is 15.8 Å². The summed E-state index contributed by atoms with van der Waals surface area (Å²) in [6, 6.07) is 12.5. The van der Waals surface area contributed by atoms with Crippen molar-refractivity contribution in [2.24, 2.45) is 0 Å². The van der Waals surface area contributed by atoms with Crippen molar-refractivity contribution in [1.82, 2.24) is 29.9 Å². The second-order valence-corrected chi connectivity index (χ2v) is 9.11. The first-order valence-electron chi connectivity index (χ1n) is 11.7. The van der Waals surface area contributed by atoms with E-state index in [-0.39, 0.29) is 24.6 Å². The van der Waals surface area contributed by atoms with Crippen molar-refractivity contribution in [1.29, 1.82) is 0 Å². The Morgan fingerprint density at radius 3 is 2.57 bits per heavy atom. The number of benzene rings is 2. The van der Waals surface area contributed by atoms with Crippen molar-refractivity contribution in [2.45, 2.75) is 20.0 Å². The number of aromatic nitrogens is 4. The van der Waals surface area contributed by atoms with Gasteiger partial charge in [0, 0.05) is 49.4 Å². The van der Waals surface area contributed by atoms with Gasteiger partial charge < -0.3 is 19.6 Å². The molecule has 12 heteroatoms. The van der Waals surface area contributed by atoms with Crippen molar-refractivity contribution in [3.05, 3.63) is 70.0 Å². The molecule has 11 nitrogen and oxygen atoms in total. The van der Waals surface area contributed by atoms with Gasteiger partial charge >= 0.3 is 0 Å². The SMILES string of the molecule is CC(=O)N1CCN(c2ccc3ncn(CC(=O)NCc4noc(-c5ccc(Cl)cc5)n4)c(=O)c3c2)CC1. The maximum absolute atomic E-state index is 13.1. The zero-order chi connectivity index (χ0) is 25.9. The highest BCUT2D eigenvalue weighted by atomic mass is 35.5. The Balaban J connectivity index is 1.24. The van der Waals surface area contributed by atoms with Crippen LogP contribution in [-0.4, -0.2) is 62.6 Å². The molecule has 0 aliphatic carbocycles. The molecule has 0 atom stereocenters. The zero-order valence-corrected chi connectivity index (χ0v) is 20.8. The van der Waals surface area contributed by atoms with Gasteiger partial charge in [-0.2, -0.15) is 4.98 Å². The molecule has 190 valence electrons. The maximum atomic E-state index is 13.1. The van der Waals surface area contributed by atoms with Gasteiger partial charge in [0.25, 0.3) is 11.4 Å². The monoisotopic (exact) mass is 521 g/mol. The molecule has 2 aromatic heterocycles. The van der Waals surface area contributed by atoms with E-state index < -0.39 is 5.91 Å². The Morgan fingerprint density at radius 2 is 1.84 bits per heavy atom. The number of anilines is 1. The van der Waals surface area contributed by atoms with Gasteiger partial charge in [-0.3, -0.25) is 19.0 Å². The van der Waals surface area contributed by atoms with E-state index in [0.29, 0.717) is 59.4 Å². The normalized spacial score (nSPS) is 13.7. The minimum Gasteiger partial charge on any atom is -0.368 e. The van der Waals surface area contributed by atoms with E-state index in [4.69, 9.17) is 16.1 Å². The third-order valence-corrected chi connectivity index (χ3v) is 6.47. The van der Waals surface area contributed by atoms with Crippen molar-refractivity contribution in [3.8, 4) is 11.5 Å². The maximum Gasteiger partial charge on any atom is 0.261 e. The molecule has 0 unspecified atom stereocenters.